The molecule has 6 nitrogen and oxygen atoms in total. The predicted octanol–water partition coefficient (Wildman–Crippen LogP) is 4.57. The lowest BCUT2D eigenvalue weighted by Gasteiger charge is -2.31. The van der Waals surface area contributed by atoms with E-state index in [1.165, 1.54) is 22.4 Å². The van der Waals surface area contributed by atoms with Crippen LogP contribution in [0.4, 0.5) is 0 Å². The molecule has 1 aliphatic carbocycles. The fourth-order valence-electron chi connectivity index (χ4n) is 4.03. The summed E-state index contributed by atoms with van der Waals surface area (Å²) in [5.74, 6) is 1.44. The highest BCUT2D eigenvalue weighted by Gasteiger charge is 2.25. The van der Waals surface area contributed by atoms with Crippen molar-refractivity contribution < 1.29 is 14.2 Å². The Balaban J connectivity index is 1.58. The monoisotopic (exact) mass is 431 g/mol. The summed E-state index contributed by atoms with van der Waals surface area (Å²) in [7, 11) is 3.27. The van der Waals surface area contributed by atoms with Gasteiger partial charge in [0.2, 0.25) is 0 Å². The van der Waals surface area contributed by atoms with Crippen LogP contribution in [0.3, 0.4) is 0 Å². The molecular weight excluding hydrogens is 402 g/mol. The van der Waals surface area contributed by atoms with Crippen LogP contribution in [0.5, 0.6) is 11.5 Å². The summed E-state index contributed by atoms with van der Waals surface area (Å²) in [4.78, 5) is 2.42. The molecule has 0 saturated carbocycles. The maximum atomic E-state index is 5.57. The molecule has 0 N–H and O–H groups in total. The molecule has 1 saturated heterocycles. The zero-order valence-corrected chi connectivity index (χ0v) is 18.7. The van der Waals surface area contributed by atoms with Crippen LogP contribution in [0.15, 0.2) is 75.6 Å². The zero-order valence-electron chi connectivity index (χ0n) is 18.7. The van der Waals surface area contributed by atoms with Crippen LogP contribution in [0.2, 0.25) is 0 Å². The topological polar surface area (TPSA) is 55.7 Å². The van der Waals surface area contributed by atoms with Crippen molar-refractivity contribution in [3.63, 3.8) is 0 Å². The summed E-state index contributed by atoms with van der Waals surface area (Å²) in [5, 5.41) is 8.65. The Labute approximate surface area is 189 Å². The third-order valence-electron chi connectivity index (χ3n) is 5.60. The molecule has 0 unspecified atom stereocenters. The van der Waals surface area contributed by atoms with Crippen LogP contribution < -0.4 is 9.47 Å². The largest absolute Gasteiger partial charge is 0.497 e. The molecule has 2 aliphatic rings. The number of rotatable bonds is 7. The number of ether oxygens (including phenoxy) is 3. The van der Waals surface area contributed by atoms with Crippen molar-refractivity contribution in [2.75, 3.05) is 40.5 Å². The first-order chi connectivity index (χ1) is 15.8. The number of allylic oxidation sites excluding steroid dienone is 2. The molecule has 1 aliphatic heterocycles. The van der Waals surface area contributed by atoms with Crippen LogP contribution in [0.1, 0.15) is 24.0 Å². The molecule has 4 rings (SSSR count). The highest BCUT2D eigenvalue weighted by Crippen LogP contribution is 2.35. The summed E-state index contributed by atoms with van der Waals surface area (Å²) >= 11 is 0. The van der Waals surface area contributed by atoms with E-state index in [0.29, 0.717) is 0 Å². The molecule has 0 amide bonds. The molecule has 0 spiro atoms. The molecule has 0 bridgehead atoms. The quantitative estimate of drug-likeness (QED) is 0.476. The second-order valence-electron chi connectivity index (χ2n) is 7.69. The number of benzene rings is 2. The molecule has 1 heterocycles. The Morgan fingerprint density at radius 2 is 1.53 bits per heavy atom. The smallest absolute Gasteiger partial charge is 0.123 e. The zero-order chi connectivity index (χ0) is 22.2. The molecular formula is C26H29N3O3. The van der Waals surface area contributed by atoms with Gasteiger partial charge in [0.05, 0.1) is 39.9 Å². The van der Waals surface area contributed by atoms with Gasteiger partial charge in [0.15, 0.2) is 0 Å². The molecule has 32 heavy (non-hydrogen) atoms. The first kappa shape index (κ1) is 21.8. The number of hydrogen-bond acceptors (Lipinski definition) is 6. The first-order valence-electron chi connectivity index (χ1n) is 10.9. The van der Waals surface area contributed by atoms with Crippen molar-refractivity contribution in [3.8, 4) is 11.5 Å². The SMILES string of the molecule is COc1cc(/C=N\N=C/C2=C(N3CCOCC3)C(=C/c3ccccc3)/CC2)cc(OC)c1. The fourth-order valence-corrected chi connectivity index (χ4v) is 4.03. The molecule has 0 aromatic heterocycles. The van der Waals surface area contributed by atoms with Gasteiger partial charge in [-0.1, -0.05) is 30.3 Å². The van der Waals surface area contributed by atoms with Crippen LogP contribution in [-0.2, 0) is 4.74 Å². The summed E-state index contributed by atoms with van der Waals surface area (Å²) in [6, 6.07) is 16.1. The van der Waals surface area contributed by atoms with Gasteiger partial charge in [-0.15, -0.1) is 0 Å². The van der Waals surface area contributed by atoms with Crippen molar-refractivity contribution in [2.45, 2.75) is 12.8 Å². The van der Waals surface area contributed by atoms with E-state index >= 15 is 0 Å². The van der Waals surface area contributed by atoms with E-state index < -0.39 is 0 Å². The highest BCUT2D eigenvalue weighted by molar-refractivity contribution is 5.85. The lowest BCUT2D eigenvalue weighted by atomic mass is 10.1. The first-order valence-corrected chi connectivity index (χ1v) is 10.9. The lowest BCUT2D eigenvalue weighted by molar-refractivity contribution is 0.0548. The standard InChI is InChI=1S/C26H29N3O3/c1-30-24-15-21(16-25(17-24)31-2)18-27-28-19-23-9-8-22(14-20-6-4-3-5-7-20)26(23)29-10-12-32-13-11-29/h3-7,14-19H,8-13H2,1-2H3/b22-14+,27-18-,28-19-. The molecule has 0 radical (unpaired) electrons. The van der Waals surface area contributed by atoms with Crippen molar-refractivity contribution in [1.29, 1.82) is 0 Å². The van der Waals surface area contributed by atoms with E-state index in [1.807, 2.05) is 30.5 Å². The van der Waals surface area contributed by atoms with E-state index in [-0.39, 0.29) is 0 Å². The van der Waals surface area contributed by atoms with Crippen LogP contribution in [-0.4, -0.2) is 57.9 Å². The van der Waals surface area contributed by atoms with Crippen LogP contribution in [0, 0.1) is 0 Å². The summed E-state index contributed by atoms with van der Waals surface area (Å²) in [6.45, 7) is 3.29. The maximum absolute atomic E-state index is 5.57. The van der Waals surface area contributed by atoms with Gasteiger partial charge in [-0.25, -0.2) is 0 Å². The third kappa shape index (κ3) is 5.45. The van der Waals surface area contributed by atoms with Crippen molar-refractivity contribution in [3.05, 3.63) is 76.5 Å². The molecule has 2 aromatic carbocycles. The Morgan fingerprint density at radius 1 is 0.844 bits per heavy atom. The average molecular weight is 432 g/mol. The summed E-state index contributed by atoms with van der Waals surface area (Å²) in [6.07, 6.45) is 7.85. The van der Waals surface area contributed by atoms with Crippen molar-refractivity contribution in [1.82, 2.24) is 4.90 Å². The lowest BCUT2D eigenvalue weighted by Crippen LogP contribution is -2.36. The third-order valence-corrected chi connectivity index (χ3v) is 5.60. The van der Waals surface area contributed by atoms with E-state index in [0.717, 1.165) is 56.2 Å². The van der Waals surface area contributed by atoms with Gasteiger partial charge in [-0.2, -0.15) is 10.2 Å². The molecule has 166 valence electrons. The fraction of sp³-hybridized carbons (Fsp3) is 0.308. The number of nitrogens with zero attached hydrogens (tertiary/aromatic N) is 3. The van der Waals surface area contributed by atoms with Gasteiger partial charge in [0.25, 0.3) is 0 Å². The van der Waals surface area contributed by atoms with Gasteiger partial charge in [-0.05, 0) is 47.8 Å². The van der Waals surface area contributed by atoms with Gasteiger partial charge in [-0.3, -0.25) is 0 Å². The molecule has 0 atom stereocenters. The minimum atomic E-state index is 0.721. The Bertz CT molecular complexity index is 1010. The summed E-state index contributed by atoms with van der Waals surface area (Å²) < 4.78 is 16.2. The van der Waals surface area contributed by atoms with Gasteiger partial charge < -0.3 is 19.1 Å². The molecule has 6 heteroatoms. The molecule has 1 fully saturated rings. The van der Waals surface area contributed by atoms with Crippen molar-refractivity contribution >= 4 is 18.5 Å². The average Bonchev–Trinajstić information content (AvgIpc) is 3.24. The van der Waals surface area contributed by atoms with E-state index in [9.17, 15) is 0 Å². The number of morpholine rings is 1. The predicted molar refractivity (Wildman–Crippen MR) is 129 cm³/mol. The summed E-state index contributed by atoms with van der Waals surface area (Å²) in [5.41, 5.74) is 5.93. The second-order valence-corrected chi connectivity index (χ2v) is 7.69. The minimum absolute atomic E-state index is 0.721. The molecule has 2 aromatic rings. The van der Waals surface area contributed by atoms with Crippen LogP contribution in [0.25, 0.3) is 6.08 Å². The minimum Gasteiger partial charge on any atom is -0.497 e. The Hall–Kier alpha value is -3.38. The van der Waals surface area contributed by atoms with Gasteiger partial charge in [0, 0.05) is 30.4 Å². The Kier molecular flexibility index (Phi) is 7.35. The van der Waals surface area contributed by atoms with Gasteiger partial charge in [0.1, 0.15) is 11.5 Å². The van der Waals surface area contributed by atoms with E-state index in [4.69, 9.17) is 14.2 Å². The normalized spacial score (nSPS) is 18.3. The maximum Gasteiger partial charge on any atom is 0.123 e. The number of hydrogen-bond donors (Lipinski definition) is 0. The number of methoxy groups -OCH3 is 2. The van der Waals surface area contributed by atoms with Crippen LogP contribution >= 0.6 is 0 Å². The van der Waals surface area contributed by atoms with E-state index in [1.54, 1.807) is 20.4 Å². The Morgan fingerprint density at radius 3 is 2.22 bits per heavy atom. The van der Waals surface area contributed by atoms with E-state index in [2.05, 4.69) is 45.4 Å². The second kappa shape index (κ2) is 10.8. The van der Waals surface area contributed by atoms with Gasteiger partial charge >= 0.3 is 0 Å². The highest BCUT2D eigenvalue weighted by atomic mass is 16.5. The van der Waals surface area contributed by atoms with Crippen molar-refractivity contribution in [2.24, 2.45) is 10.2 Å².